The highest BCUT2D eigenvalue weighted by atomic mass is 32.1. The first kappa shape index (κ1) is 14.4. The van der Waals surface area contributed by atoms with Crippen molar-refractivity contribution in [1.82, 2.24) is 0 Å². The third kappa shape index (κ3) is 2.49. The lowest BCUT2D eigenvalue weighted by atomic mass is 10.0. The van der Waals surface area contributed by atoms with Crippen molar-refractivity contribution in [3.05, 3.63) is 40.1 Å². The van der Waals surface area contributed by atoms with Gasteiger partial charge in [-0.25, -0.2) is 4.79 Å². The Bertz CT molecular complexity index is 635. The molecule has 0 fully saturated rings. The van der Waals surface area contributed by atoms with Crippen LogP contribution >= 0.6 is 11.3 Å². The zero-order valence-corrected chi connectivity index (χ0v) is 11.1. The Balaban J connectivity index is 2.71. The summed E-state index contributed by atoms with van der Waals surface area (Å²) in [5.74, 6) is -0.875. The van der Waals surface area contributed by atoms with Gasteiger partial charge in [0.15, 0.2) is 0 Å². The van der Waals surface area contributed by atoms with Gasteiger partial charge in [-0.2, -0.15) is 13.2 Å². The lowest BCUT2D eigenvalue weighted by molar-refractivity contribution is -0.133. The summed E-state index contributed by atoms with van der Waals surface area (Å²) >= 11 is 0.296. The van der Waals surface area contributed by atoms with Crippen molar-refractivity contribution in [2.75, 3.05) is 12.8 Å². The lowest BCUT2D eigenvalue weighted by Gasteiger charge is -2.08. The van der Waals surface area contributed by atoms with E-state index in [9.17, 15) is 18.0 Å². The minimum Gasteiger partial charge on any atom is -0.465 e. The van der Waals surface area contributed by atoms with Crippen LogP contribution in [0.25, 0.3) is 11.1 Å². The molecule has 0 unspecified atom stereocenters. The normalized spacial score (nSPS) is 11.4. The molecule has 0 aliphatic heterocycles. The molecule has 7 heteroatoms. The molecule has 3 nitrogen and oxygen atoms in total. The fourth-order valence-corrected chi connectivity index (χ4v) is 2.81. The van der Waals surface area contributed by atoms with Gasteiger partial charge in [-0.3, -0.25) is 0 Å². The van der Waals surface area contributed by atoms with Crippen LogP contribution in [0, 0.1) is 0 Å². The first-order chi connectivity index (χ1) is 9.36. The maximum Gasteiger partial charge on any atom is 0.426 e. The van der Waals surface area contributed by atoms with Crippen molar-refractivity contribution in [2.45, 2.75) is 6.18 Å². The van der Waals surface area contributed by atoms with Crippen LogP contribution in [0.2, 0.25) is 0 Å². The molecule has 2 N–H and O–H groups in total. The largest absolute Gasteiger partial charge is 0.465 e. The van der Waals surface area contributed by atoms with Crippen LogP contribution in [0.4, 0.5) is 18.9 Å². The third-order valence-corrected chi connectivity index (χ3v) is 3.87. The molecule has 0 radical (unpaired) electrons. The fraction of sp³-hybridized carbons (Fsp3) is 0.154. The molecule has 0 bridgehead atoms. The zero-order valence-electron chi connectivity index (χ0n) is 10.3. The predicted octanol–water partition coefficient (Wildman–Crippen LogP) is 3.80. The van der Waals surface area contributed by atoms with E-state index in [4.69, 9.17) is 5.73 Å². The second-order valence-electron chi connectivity index (χ2n) is 3.90. The molecule has 1 aromatic carbocycles. The monoisotopic (exact) mass is 301 g/mol. The van der Waals surface area contributed by atoms with Crippen LogP contribution in [0.3, 0.4) is 0 Å². The number of nitrogens with two attached hydrogens (primary N) is 1. The number of ether oxygens (including phenoxy) is 1. The zero-order chi connectivity index (χ0) is 14.9. The third-order valence-electron chi connectivity index (χ3n) is 2.64. The van der Waals surface area contributed by atoms with Crippen molar-refractivity contribution >= 4 is 23.0 Å². The van der Waals surface area contributed by atoms with E-state index in [-0.39, 0.29) is 16.1 Å². The van der Waals surface area contributed by atoms with Gasteiger partial charge in [-0.15, -0.1) is 11.3 Å². The van der Waals surface area contributed by atoms with Crippen molar-refractivity contribution in [2.24, 2.45) is 0 Å². The summed E-state index contributed by atoms with van der Waals surface area (Å²) < 4.78 is 43.8. The molecule has 0 amide bonds. The number of carbonyl (C=O) groups is 1. The lowest BCUT2D eigenvalue weighted by Crippen LogP contribution is -2.04. The van der Waals surface area contributed by atoms with Gasteiger partial charge in [0.1, 0.15) is 9.75 Å². The molecular formula is C13H10F3NO2S. The number of alkyl halides is 3. The molecule has 0 aliphatic rings. The van der Waals surface area contributed by atoms with E-state index in [1.54, 1.807) is 18.2 Å². The summed E-state index contributed by atoms with van der Waals surface area (Å²) in [4.78, 5) is 10.4. The number of hydrogen-bond acceptors (Lipinski definition) is 4. The number of methoxy groups -OCH3 is 1. The number of benzene rings is 1. The van der Waals surface area contributed by atoms with Crippen molar-refractivity contribution in [3.63, 3.8) is 0 Å². The van der Waals surface area contributed by atoms with E-state index in [1.165, 1.54) is 12.1 Å². The van der Waals surface area contributed by atoms with Gasteiger partial charge in [-0.05, 0) is 5.56 Å². The molecule has 0 atom stereocenters. The Kier molecular flexibility index (Phi) is 3.71. The number of thiophene rings is 1. The van der Waals surface area contributed by atoms with Gasteiger partial charge in [0.25, 0.3) is 0 Å². The first-order valence-electron chi connectivity index (χ1n) is 5.49. The molecule has 106 valence electrons. The van der Waals surface area contributed by atoms with E-state index in [2.05, 4.69) is 4.74 Å². The topological polar surface area (TPSA) is 52.3 Å². The van der Waals surface area contributed by atoms with E-state index in [0.717, 1.165) is 7.11 Å². The highest BCUT2D eigenvalue weighted by Gasteiger charge is 2.39. The maximum atomic E-state index is 13.1. The first-order valence-corrected chi connectivity index (χ1v) is 6.31. The number of rotatable bonds is 2. The summed E-state index contributed by atoms with van der Waals surface area (Å²) in [5.41, 5.74) is 5.64. The highest BCUT2D eigenvalue weighted by molar-refractivity contribution is 7.15. The molecule has 2 rings (SSSR count). The van der Waals surface area contributed by atoms with Crippen LogP contribution < -0.4 is 5.73 Å². The van der Waals surface area contributed by atoms with Gasteiger partial charge >= 0.3 is 12.1 Å². The van der Waals surface area contributed by atoms with E-state index < -0.39 is 17.0 Å². The summed E-state index contributed by atoms with van der Waals surface area (Å²) in [6.07, 6.45) is -4.59. The summed E-state index contributed by atoms with van der Waals surface area (Å²) in [5, 5.41) is 0. The molecule has 1 aromatic heterocycles. The van der Waals surface area contributed by atoms with Gasteiger partial charge in [-0.1, -0.05) is 30.3 Å². The van der Waals surface area contributed by atoms with Crippen LogP contribution in [0.5, 0.6) is 0 Å². The quantitative estimate of drug-likeness (QED) is 0.858. The van der Waals surface area contributed by atoms with Gasteiger partial charge in [0.05, 0.1) is 12.8 Å². The molecule has 0 saturated carbocycles. The Labute approximate surface area is 116 Å². The molecule has 20 heavy (non-hydrogen) atoms. The van der Waals surface area contributed by atoms with Gasteiger partial charge in [0, 0.05) is 5.56 Å². The molecule has 0 aliphatic carbocycles. The standard InChI is InChI=1S/C13H10F3NO2S/c1-19-12(18)10-9(17)8(7-5-3-2-4-6-7)11(20-10)13(14,15)16/h2-6H,17H2,1H3. The Morgan fingerprint density at radius 2 is 1.85 bits per heavy atom. The number of hydrogen-bond donors (Lipinski definition) is 1. The summed E-state index contributed by atoms with van der Waals surface area (Å²) in [7, 11) is 1.09. The second kappa shape index (κ2) is 5.16. The van der Waals surface area contributed by atoms with Crippen LogP contribution in [-0.2, 0) is 10.9 Å². The summed E-state index contributed by atoms with van der Waals surface area (Å²) in [6.45, 7) is 0. The second-order valence-corrected chi connectivity index (χ2v) is 4.92. The van der Waals surface area contributed by atoms with Crippen LogP contribution in [-0.4, -0.2) is 13.1 Å². The average molecular weight is 301 g/mol. The Hall–Kier alpha value is -2.02. The van der Waals surface area contributed by atoms with Crippen molar-refractivity contribution in [1.29, 1.82) is 0 Å². The number of esters is 1. The van der Waals surface area contributed by atoms with E-state index >= 15 is 0 Å². The van der Waals surface area contributed by atoms with Gasteiger partial charge in [0.2, 0.25) is 0 Å². The Morgan fingerprint density at radius 1 is 1.25 bits per heavy atom. The molecular weight excluding hydrogens is 291 g/mol. The minimum absolute atomic E-state index is 0.177. The van der Waals surface area contributed by atoms with Crippen LogP contribution in [0.15, 0.2) is 30.3 Å². The molecule has 0 spiro atoms. The number of anilines is 1. The maximum absolute atomic E-state index is 13.1. The molecule has 1 heterocycles. The summed E-state index contributed by atoms with van der Waals surface area (Å²) in [6, 6.07) is 7.90. The fourth-order valence-electron chi connectivity index (χ4n) is 1.78. The van der Waals surface area contributed by atoms with E-state index in [0.29, 0.717) is 16.9 Å². The molecule has 0 saturated heterocycles. The smallest absolute Gasteiger partial charge is 0.426 e. The minimum atomic E-state index is -4.59. The van der Waals surface area contributed by atoms with Gasteiger partial charge < -0.3 is 10.5 Å². The number of carbonyl (C=O) groups excluding carboxylic acids is 1. The SMILES string of the molecule is COC(=O)c1sc(C(F)(F)F)c(-c2ccccc2)c1N. The van der Waals surface area contributed by atoms with Crippen molar-refractivity contribution < 1.29 is 22.7 Å². The average Bonchev–Trinajstić information content (AvgIpc) is 2.76. The molecule has 2 aromatic rings. The Morgan fingerprint density at radius 3 is 2.35 bits per heavy atom. The predicted molar refractivity (Wildman–Crippen MR) is 70.5 cm³/mol. The highest BCUT2D eigenvalue weighted by Crippen LogP contribution is 2.47. The van der Waals surface area contributed by atoms with E-state index in [1.807, 2.05) is 0 Å². The van der Waals surface area contributed by atoms with Crippen molar-refractivity contribution in [3.8, 4) is 11.1 Å². The number of nitrogen functional groups attached to an aromatic ring is 1. The number of halogens is 3. The van der Waals surface area contributed by atoms with Crippen LogP contribution in [0.1, 0.15) is 14.5 Å².